The second-order valence-corrected chi connectivity index (χ2v) is 5.22. The molecule has 0 spiro atoms. The first-order chi connectivity index (χ1) is 10.2. The molecule has 21 heavy (non-hydrogen) atoms. The number of anilines is 1. The van der Waals surface area contributed by atoms with Crippen molar-refractivity contribution in [3.05, 3.63) is 12.0 Å². The second kappa shape index (κ2) is 6.08. The van der Waals surface area contributed by atoms with Crippen LogP contribution in [-0.2, 0) is 4.74 Å². The number of hydrogen-bond donors (Lipinski definition) is 1. The van der Waals surface area contributed by atoms with E-state index in [1.165, 1.54) is 7.11 Å². The molecule has 0 saturated carbocycles. The molecule has 0 bridgehead atoms. The van der Waals surface area contributed by atoms with Crippen LogP contribution < -0.4 is 9.64 Å². The number of rotatable bonds is 3. The van der Waals surface area contributed by atoms with Crippen LogP contribution in [-0.4, -0.2) is 78.6 Å². The molecule has 1 N–H and O–H groups in total. The summed E-state index contributed by atoms with van der Waals surface area (Å²) in [5.74, 6) is -0.293. The summed E-state index contributed by atoms with van der Waals surface area (Å²) in [5.41, 5.74) is 0. The molecule has 1 aromatic rings. The smallest absolute Gasteiger partial charge is 0.255 e. The lowest BCUT2D eigenvalue weighted by Gasteiger charge is -2.33. The normalized spacial score (nSPS) is 27.1. The van der Waals surface area contributed by atoms with E-state index in [4.69, 9.17) is 9.47 Å². The zero-order valence-corrected chi connectivity index (χ0v) is 11.9. The van der Waals surface area contributed by atoms with Gasteiger partial charge in [-0.15, -0.1) is 0 Å². The van der Waals surface area contributed by atoms with Gasteiger partial charge in [0.05, 0.1) is 38.7 Å². The van der Waals surface area contributed by atoms with Gasteiger partial charge >= 0.3 is 0 Å². The summed E-state index contributed by atoms with van der Waals surface area (Å²) in [5, 5.41) is 10.3. The van der Waals surface area contributed by atoms with Crippen molar-refractivity contribution in [1.29, 1.82) is 0 Å². The average Bonchev–Trinajstić information content (AvgIpc) is 2.90. The van der Waals surface area contributed by atoms with Crippen molar-refractivity contribution in [3.8, 4) is 5.88 Å². The van der Waals surface area contributed by atoms with Gasteiger partial charge in [-0.1, -0.05) is 0 Å². The maximum absolute atomic E-state index is 13.4. The van der Waals surface area contributed by atoms with Gasteiger partial charge in [0.1, 0.15) is 0 Å². The quantitative estimate of drug-likeness (QED) is 0.807. The number of aromatic nitrogens is 2. The molecule has 2 atom stereocenters. The van der Waals surface area contributed by atoms with Gasteiger partial charge in [-0.3, -0.25) is 4.90 Å². The molecule has 2 fully saturated rings. The van der Waals surface area contributed by atoms with E-state index in [1.54, 1.807) is 0 Å². The Morgan fingerprint density at radius 1 is 1.38 bits per heavy atom. The first-order valence-corrected chi connectivity index (χ1v) is 7.00. The highest BCUT2D eigenvalue weighted by Crippen LogP contribution is 2.23. The summed E-state index contributed by atoms with van der Waals surface area (Å²) in [6.07, 6.45) is 0.609. The van der Waals surface area contributed by atoms with Crippen molar-refractivity contribution in [2.45, 2.75) is 12.1 Å². The van der Waals surface area contributed by atoms with E-state index in [0.717, 1.165) is 19.3 Å². The molecule has 2 saturated heterocycles. The lowest BCUT2D eigenvalue weighted by atomic mass is 10.2. The van der Waals surface area contributed by atoms with Crippen LogP contribution in [0.15, 0.2) is 6.20 Å². The fourth-order valence-corrected chi connectivity index (χ4v) is 2.84. The van der Waals surface area contributed by atoms with Gasteiger partial charge < -0.3 is 19.5 Å². The maximum atomic E-state index is 13.4. The number of ether oxygens (including phenoxy) is 2. The van der Waals surface area contributed by atoms with Gasteiger partial charge in [-0.2, -0.15) is 9.37 Å². The molecule has 0 aromatic carbocycles. The van der Waals surface area contributed by atoms with Crippen molar-refractivity contribution in [2.75, 3.05) is 51.4 Å². The minimum Gasteiger partial charge on any atom is -0.479 e. The van der Waals surface area contributed by atoms with Gasteiger partial charge in [0.25, 0.3) is 5.88 Å². The van der Waals surface area contributed by atoms with Crippen molar-refractivity contribution in [2.24, 2.45) is 0 Å². The average molecular weight is 298 g/mol. The van der Waals surface area contributed by atoms with Crippen LogP contribution >= 0.6 is 0 Å². The molecule has 0 radical (unpaired) electrons. The predicted molar refractivity (Wildman–Crippen MR) is 72.9 cm³/mol. The van der Waals surface area contributed by atoms with Crippen molar-refractivity contribution in [1.82, 2.24) is 14.9 Å². The van der Waals surface area contributed by atoms with Crippen LogP contribution in [0.3, 0.4) is 0 Å². The third-order valence-electron chi connectivity index (χ3n) is 3.95. The zero-order valence-electron chi connectivity index (χ0n) is 11.9. The summed E-state index contributed by atoms with van der Waals surface area (Å²) in [6, 6.07) is 0.0218. The van der Waals surface area contributed by atoms with E-state index in [1.807, 2.05) is 4.90 Å². The lowest BCUT2D eigenvalue weighted by molar-refractivity contribution is -0.00588. The fourth-order valence-electron chi connectivity index (χ4n) is 2.84. The number of β-amino-alcohol motifs (C(OH)–C–C–N with tert-alkyl or cyclic N) is 1. The molecule has 0 aliphatic carbocycles. The Kier molecular flexibility index (Phi) is 4.18. The van der Waals surface area contributed by atoms with E-state index >= 15 is 0 Å². The molecule has 3 heterocycles. The molecule has 116 valence electrons. The SMILES string of the molecule is COc1nc(N2C[C@H](O)[C@@H](N3CCOCC3)C2)ncc1F. The fraction of sp³-hybridized carbons (Fsp3) is 0.692. The highest BCUT2D eigenvalue weighted by molar-refractivity contribution is 5.35. The van der Waals surface area contributed by atoms with Crippen molar-refractivity contribution in [3.63, 3.8) is 0 Å². The van der Waals surface area contributed by atoms with Crippen LogP contribution in [0.25, 0.3) is 0 Å². The molecule has 3 rings (SSSR count). The summed E-state index contributed by atoms with van der Waals surface area (Å²) in [6.45, 7) is 4.02. The highest BCUT2D eigenvalue weighted by atomic mass is 19.1. The molecular formula is C13H19FN4O3. The minimum atomic E-state index is -0.592. The van der Waals surface area contributed by atoms with E-state index in [2.05, 4.69) is 14.9 Å². The van der Waals surface area contributed by atoms with Crippen molar-refractivity contribution >= 4 is 5.95 Å². The Labute approximate surface area is 122 Å². The Bertz CT molecular complexity index is 498. The van der Waals surface area contributed by atoms with Crippen LogP contribution in [0.4, 0.5) is 10.3 Å². The van der Waals surface area contributed by atoms with Gasteiger partial charge in [0.2, 0.25) is 11.8 Å². The Morgan fingerprint density at radius 2 is 2.14 bits per heavy atom. The summed E-state index contributed by atoms with van der Waals surface area (Å²) >= 11 is 0. The maximum Gasteiger partial charge on any atom is 0.255 e. The summed E-state index contributed by atoms with van der Waals surface area (Å²) < 4.78 is 23.6. The third kappa shape index (κ3) is 2.92. The number of nitrogens with zero attached hydrogens (tertiary/aromatic N) is 4. The summed E-state index contributed by atoms with van der Waals surface area (Å²) in [4.78, 5) is 12.1. The Morgan fingerprint density at radius 3 is 2.86 bits per heavy atom. The standard InChI is InChI=1S/C13H19FN4O3/c1-20-12-9(14)6-15-13(16-12)18-7-10(11(19)8-18)17-2-4-21-5-3-17/h6,10-11,19H,2-5,7-8H2,1H3/t10-,11-/m0/s1. The van der Waals surface area contributed by atoms with Crippen molar-refractivity contribution < 1.29 is 19.0 Å². The highest BCUT2D eigenvalue weighted by Gasteiger charge is 2.37. The number of aliphatic hydroxyl groups excluding tert-OH is 1. The molecule has 7 nitrogen and oxygen atoms in total. The van der Waals surface area contributed by atoms with Crippen LogP contribution in [0.2, 0.25) is 0 Å². The number of halogens is 1. The number of aliphatic hydroxyl groups is 1. The van der Waals surface area contributed by atoms with Gasteiger partial charge in [0, 0.05) is 26.2 Å². The molecule has 1 aromatic heterocycles. The largest absolute Gasteiger partial charge is 0.479 e. The third-order valence-corrected chi connectivity index (χ3v) is 3.95. The lowest BCUT2D eigenvalue weighted by Crippen LogP contribution is -2.48. The molecule has 2 aliphatic rings. The molecular weight excluding hydrogens is 279 g/mol. The van der Waals surface area contributed by atoms with Crippen LogP contribution in [0, 0.1) is 5.82 Å². The van der Waals surface area contributed by atoms with E-state index < -0.39 is 11.9 Å². The van der Waals surface area contributed by atoms with E-state index in [-0.39, 0.29) is 11.9 Å². The topological polar surface area (TPSA) is 71.0 Å². The molecule has 0 unspecified atom stereocenters. The Balaban J connectivity index is 1.73. The number of morpholine rings is 1. The Hall–Kier alpha value is -1.51. The second-order valence-electron chi connectivity index (χ2n) is 5.22. The zero-order chi connectivity index (χ0) is 14.8. The van der Waals surface area contributed by atoms with Gasteiger partial charge in [-0.05, 0) is 0 Å². The molecule has 0 amide bonds. The molecule has 8 heteroatoms. The number of methoxy groups -OCH3 is 1. The van der Waals surface area contributed by atoms with E-state index in [9.17, 15) is 9.50 Å². The summed E-state index contributed by atoms with van der Waals surface area (Å²) in [7, 11) is 1.37. The first kappa shape index (κ1) is 14.4. The van der Waals surface area contributed by atoms with Crippen LogP contribution in [0.1, 0.15) is 0 Å². The first-order valence-electron chi connectivity index (χ1n) is 7.00. The predicted octanol–water partition coefficient (Wildman–Crippen LogP) is -0.494. The molecule has 2 aliphatic heterocycles. The van der Waals surface area contributed by atoms with E-state index in [0.29, 0.717) is 32.3 Å². The van der Waals surface area contributed by atoms with Crippen LogP contribution in [0.5, 0.6) is 5.88 Å². The van der Waals surface area contributed by atoms with Gasteiger partial charge in [-0.25, -0.2) is 4.98 Å². The number of hydrogen-bond acceptors (Lipinski definition) is 7. The monoisotopic (exact) mass is 298 g/mol. The minimum absolute atomic E-state index is 0.0218. The van der Waals surface area contributed by atoms with Gasteiger partial charge in [0.15, 0.2) is 0 Å².